The lowest BCUT2D eigenvalue weighted by atomic mass is 10.0. The Morgan fingerprint density at radius 1 is 1.09 bits per heavy atom. The van der Waals surface area contributed by atoms with Crippen molar-refractivity contribution in [2.75, 3.05) is 6.54 Å². The number of aliphatic hydroxyl groups is 1. The molecule has 0 aromatic heterocycles. The van der Waals surface area contributed by atoms with Crippen LogP contribution in [0.4, 0.5) is 17.6 Å². The maximum absolute atomic E-state index is 13.9. The van der Waals surface area contributed by atoms with E-state index >= 15 is 0 Å². The van der Waals surface area contributed by atoms with Gasteiger partial charge in [0, 0.05) is 0 Å². The normalized spacial score (nSPS) is 12.7. The molecule has 0 saturated carbocycles. The summed E-state index contributed by atoms with van der Waals surface area (Å²) in [6, 6.07) is 8.85. The van der Waals surface area contributed by atoms with Crippen LogP contribution in [0.25, 0.3) is 0 Å². The highest BCUT2D eigenvalue weighted by Gasteiger charge is 2.39. The summed E-state index contributed by atoms with van der Waals surface area (Å²) in [4.78, 5) is 11.7. The fourth-order valence-corrected chi connectivity index (χ4v) is 1.92. The third kappa shape index (κ3) is 4.07. The predicted octanol–water partition coefficient (Wildman–Crippen LogP) is 3.06. The highest BCUT2D eigenvalue weighted by molar-refractivity contribution is 5.94. The number of aliphatic hydroxyl groups excluding tert-OH is 1. The van der Waals surface area contributed by atoms with Crippen LogP contribution in [0.3, 0.4) is 0 Å². The Labute approximate surface area is 129 Å². The molecule has 1 amide bonds. The van der Waals surface area contributed by atoms with Crippen LogP contribution in [0.2, 0.25) is 0 Å². The molecule has 0 aliphatic rings. The van der Waals surface area contributed by atoms with Gasteiger partial charge in [-0.3, -0.25) is 4.79 Å². The summed E-state index contributed by atoms with van der Waals surface area (Å²) in [6.07, 6.45) is -2.23. The van der Waals surface area contributed by atoms with Crippen molar-refractivity contribution < 1.29 is 27.5 Å². The molecule has 2 rings (SSSR count). The maximum atomic E-state index is 13.9. The van der Waals surface area contributed by atoms with E-state index in [4.69, 9.17) is 0 Å². The van der Waals surface area contributed by atoms with Crippen molar-refractivity contribution in [1.29, 1.82) is 0 Å². The molecule has 0 saturated heterocycles. The summed E-state index contributed by atoms with van der Waals surface area (Å²) < 4.78 is 54.0. The largest absolute Gasteiger partial charge is 0.382 e. The Kier molecular flexibility index (Phi) is 5.00. The van der Waals surface area contributed by atoms with Gasteiger partial charge in [0.15, 0.2) is 0 Å². The molecule has 0 aliphatic heterocycles. The molecule has 2 N–H and O–H groups in total. The molecule has 122 valence electrons. The van der Waals surface area contributed by atoms with Crippen LogP contribution in [-0.2, 0) is 0 Å². The first-order chi connectivity index (χ1) is 10.8. The Balaban J connectivity index is 2.04. The van der Waals surface area contributed by atoms with Crippen LogP contribution < -0.4 is 5.32 Å². The quantitative estimate of drug-likeness (QED) is 0.829. The lowest BCUT2D eigenvalue weighted by molar-refractivity contribution is -0.106. The Morgan fingerprint density at radius 3 is 2.30 bits per heavy atom. The summed E-state index contributed by atoms with van der Waals surface area (Å²) in [5.74, 6) is -6.20. The van der Waals surface area contributed by atoms with Crippen molar-refractivity contribution in [3.63, 3.8) is 0 Å². The third-order valence-electron chi connectivity index (χ3n) is 3.19. The lowest BCUT2D eigenvalue weighted by Gasteiger charge is -2.23. The molecule has 0 radical (unpaired) electrons. The number of benzene rings is 2. The minimum Gasteiger partial charge on any atom is -0.382 e. The smallest absolute Gasteiger partial charge is 0.294 e. The average Bonchev–Trinajstić information content (AvgIpc) is 2.53. The number of carbonyl (C=O) groups is 1. The summed E-state index contributed by atoms with van der Waals surface area (Å²) in [5, 5.41) is 11.6. The van der Waals surface area contributed by atoms with Crippen LogP contribution in [0.1, 0.15) is 22.0 Å². The number of halogens is 4. The van der Waals surface area contributed by atoms with Gasteiger partial charge in [-0.1, -0.05) is 24.3 Å². The molecule has 0 bridgehead atoms. The number of rotatable bonds is 5. The van der Waals surface area contributed by atoms with E-state index in [1.807, 2.05) is 5.32 Å². The van der Waals surface area contributed by atoms with Gasteiger partial charge in [0.1, 0.15) is 17.7 Å². The molecule has 0 aliphatic carbocycles. The molecule has 0 fully saturated rings. The summed E-state index contributed by atoms with van der Waals surface area (Å²) >= 11 is 0. The first kappa shape index (κ1) is 17.0. The van der Waals surface area contributed by atoms with E-state index in [2.05, 4.69) is 0 Å². The first-order valence-corrected chi connectivity index (χ1v) is 6.65. The standard InChI is InChI=1S/C16H13F4NO2/c17-11-7-5-10(6-8-11)14(22)16(19,20)9-21-15(23)12-3-1-2-4-13(12)18/h1-8,14,22H,9H2,(H,21,23). The van der Waals surface area contributed by atoms with Crippen LogP contribution in [-0.4, -0.2) is 23.5 Å². The third-order valence-corrected chi connectivity index (χ3v) is 3.19. The van der Waals surface area contributed by atoms with Crippen molar-refractivity contribution in [3.8, 4) is 0 Å². The van der Waals surface area contributed by atoms with Crippen LogP contribution in [0.5, 0.6) is 0 Å². The van der Waals surface area contributed by atoms with E-state index in [1.165, 1.54) is 12.1 Å². The van der Waals surface area contributed by atoms with Gasteiger partial charge < -0.3 is 10.4 Å². The highest BCUT2D eigenvalue weighted by Crippen LogP contribution is 2.30. The second-order valence-corrected chi connectivity index (χ2v) is 4.88. The molecule has 1 atom stereocenters. The van der Waals surface area contributed by atoms with Gasteiger partial charge in [-0.25, -0.2) is 17.6 Å². The zero-order valence-electron chi connectivity index (χ0n) is 11.8. The van der Waals surface area contributed by atoms with Gasteiger partial charge >= 0.3 is 0 Å². The number of hydrogen-bond donors (Lipinski definition) is 2. The number of hydrogen-bond acceptors (Lipinski definition) is 2. The van der Waals surface area contributed by atoms with Gasteiger partial charge in [0.25, 0.3) is 11.8 Å². The number of carbonyl (C=O) groups excluding carboxylic acids is 1. The van der Waals surface area contributed by atoms with Crippen molar-refractivity contribution in [2.24, 2.45) is 0 Å². The zero-order valence-corrected chi connectivity index (χ0v) is 11.8. The monoisotopic (exact) mass is 327 g/mol. The van der Waals surface area contributed by atoms with E-state index < -0.39 is 36.1 Å². The van der Waals surface area contributed by atoms with E-state index in [9.17, 15) is 27.5 Å². The summed E-state index contributed by atoms with van der Waals surface area (Å²) in [7, 11) is 0. The van der Waals surface area contributed by atoms with Crippen LogP contribution >= 0.6 is 0 Å². The van der Waals surface area contributed by atoms with E-state index in [-0.39, 0.29) is 11.1 Å². The van der Waals surface area contributed by atoms with Crippen molar-refractivity contribution in [1.82, 2.24) is 5.32 Å². The van der Waals surface area contributed by atoms with Crippen molar-refractivity contribution >= 4 is 5.91 Å². The molecule has 7 heteroatoms. The van der Waals surface area contributed by atoms with Gasteiger partial charge in [-0.15, -0.1) is 0 Å². The topological polar surface area (TPSA) is 49.3 Å². The second-order valence-electron chi connectivity index (χ2n) is 4.88. The Bertz CT molecular complexity index is 689. The molecule has 23 heavy (non-hydrogen) atoms. The molecule has 0 spiro atoms. The molecule has 2 aromatic rings. The zero-order chi connectivity index (χ0) is 17.0. The average molecular weight is 327 g/mol. The summed E-state index contributed by atoms with van der Waals surface area (Å²) in [5.41, 5.74) is -0.573. The molecular formula is C16H13F4NO2. The van der Waals surface area contributed by atoms with Gasteiger partial charge in [-0.05, 0) is 29.8 Å². The van der Waals surface area contributed by atoms with Gasteiger partial charge in [0.05, 0.1) is 12.1 Å². The van der Waals surface area contributed by atoms with Gasteiger partial charge in [-0.2, -0.15) is 0 Å². The van der Waals surface area contributed by atoms with Crippen LogP contribution in [0, 0.1) is 11.6 Å². The number of nitrogens with one attached hydrogen (secondary N) is 1. The Hall–Kier alpha value is -2.41. The van der Waals surface area contributed by atoms with E-state index in [1.54, 1.807) is 0 Å². The van der Waals surface area contributed by atoms with Gasteiger partial charge in [0.2, 0.25) is 0 Å². The van der Waals surface area contributed by atoms with Crippen molar-refractivity contribution in [2.45, 2.75) is 12.0 Å². The molecule has 1 unspecified atom stereocenters. The summed E-state index contributed by atoms with van der Waals surface area (Å²) in [6.45, 7) is -1.20. The fraction of sp³-hybridized carbons (Fsp3) is 0.188. The number of amides is 1. The maximum Gasteiger partial charge on any atom is 0.294 e. The first-order valence-electron chi connectivity index (χ1n) is 6.65. The molecular weight excluding hydrogens is 314 g/mol. The molecule has 3 nitrogen and oxygen atoms in total. The lowest BCUT2D eigenvalue weighted by Crippen LogP contribution is -2.41. The van der Waals surface area contributed by atoms with E-state index in [0.29, 0.717) is 0 Å². The fourth-order valence-electron chi connectivity index (χ4n) is 1.92. The Morgan fingerprint density at radius 2 is 1.70 bits per heavy atom. The molecule has 0 heterocycles. The second kappa shape index (κ2) is 6.78. The minimum atomic E-state index is -3.71. The van der Waals surface area contributed by atoms with E-state index in [0.717, 1.165) is 36.4 Å². The minimum absolute atomic E-state index is 0.198. The highest BCUT2D eigenvalue weighted by atomic mass is 19.3. The van der Waals surface area contributed by atoms with Crippen LogP contribution in [0.15, 0.2) is 48.5 Å². The SMILES string of the molecule is O=C(NCC(F)(F)C(O)c1ccc(F)cc1)c1ccccc1F. The van der Waals surface area contributed by atoms with Crippen molar-refractivity contribution in [3.05, 3.63) is 71.3 Å². The number of alkyl halides is 2. The molecule has 2 aromatic carbocycles. The predicted molar refractivity (Wildman–Crippen MR) is 75.0 cm³/mol.